The van der Waals surface area contributed by atoms with Crippen molar-refractivity contribution in [1.82, 2.24) is 10.3 Å². The van der Waals surface area contributed by atoms with Crippen LogP contribution >= 0.6 is 11.3 Å². The van der Waals surface area contributed by atoms with Crippen molar-refractivity contribution >= 4 is 17.2 Å². The molecule has 0 aliphatic heterocycles. The molecule has 4 nitrogen and oxygen atoms in total. The van der Waals surface area contributed by atoms with Gasteiger partial charge in [-0.25, -0.2) is 4.98 Å². The summed E-state index contributed by atoms with van der Waals surface area (Å²) in [5.74, 6) is 0.424. The lowest BCUT2D eigenvalue weighted by Crippen LogP contribution is -2.27. The molecule has 0 bridgehead atoms. The second kappa shape index (κ2) is 8.20. The first-order chi connectivity index (χ1) is 8.24. The van der Waals surface area contributed by atoms with Gasteiger partial charge in [0, 0.05) is 30.5 Å². The van der Waals surface area contributed by atoms with Crippen LogP contribution in [0.5, 0.6) is 0 Å². The third kappa shape index (κ3) is 5.79. The van der Waals surface area contributed by atoms with E-state index in [9.17, 15) is 4.79 Å². The third-order valence-corrected chi connectivity index (χ3v) is 3.59. The zero-order valence-electron chi connectivity index (χ0n) is 10.3. The minimum Gasteiger partial charge on any atom is -0.355 e. The summed E-state index contributed by atoms with van der Waals surface area (Å²) in [7, 11) is 0. The van der Waals surface area contributed by atoms with Crippen LogP contribution in [0.25, 0.3) is 0 Å². The fraction of sp³-hybridized carbons (Fsp3) is 0.667. The highest BCUT2D eigenvalue weighted by molar-refractivity contribution is 7.09. The van der Waals surface area contributed by atoms with Gasteiger partial charge in [0.2, 0.25) is 5.91 Å². The minimum atomic E-state index is 0.130. The predicted molar refractivity (Wildman–Crippen MR) is 71.1 cm³/mol. The quantitative estimate of drug-likeness (QED) is 0.697. The molecule has 1 aromatic heterocycles. The van der Waals surface area contributed by atoms with Gasteiger partial charge in [-0.15, -0.1) is 11.3 Å². The predicted octanol–water partition coefficient (Wildman–Crippen LogP) is 1.88. The van der Waals surface area contributed by atoms with Crippen molar-refractivity contribution in [2.75, 3.05) is 13.1 Å². The van der Waals surface area contributed by atoms with Crippen LogP contribution < -0.4 is 11.1 Å². The van der Waals surface area contributed by atoms with Crippen molar-refractivity contribution in [3.63, 3.8) is 0 Å². The number of carbonyl (C=O) groups excluding carboxylic acids is 1. The van der Waals surface area contributed by atoms with E-state index >= 15 is 0 Å². The summed E-state index contributed by atoms with van der Waals surface area (Å²) >= 11 is 1.63. The van der Waals surface area contributed by atoms with E-state index in [2.05, 4.69) is 17.2 Å². The second-order valence-electron chi connectivity index (χ2n) is 4.17. The van der Waals surface area contributed by atoms with Crippen molar-refractivity contribution in [1.29, 1.82) is 0 Å². The molecule has 0 saturated carbocycles. The molecule has 0 aromatic carbocycles. The molecule has 96 valence electrons. The summed E-state index contributed by atoms with van der Waals surface area (Å²) in [6.07, 6.45) is 5.36. The van der Waals surface area contributed by atoms with Gasteiger partial charge in [-0.3, -0.25) is 4.79 Å². The van der Waals surface area contributed by atoms with Gasteiger partial charge < -0.3 is 11.1 Å². The number of carbonyl (C=O) groups is 1. The molecule has 0 saturated heterocycles. The van der Waals surface area contributed by atoms with Gasteiger partial charge in [0.15, 0.2) is 0 Å². The summed E-state index contributed by atoms with van der Waals surface area (Å²) in [6.45, 7) is 3.46. The number of hydrogen-bond donors (Lipinski definition) is 2. The Hall–Kier alpha value is -0.940. The maximum atomic E-state index is 11.5. The van der Waals surface area contributed by atoms with Gasteiger partial charge in [0.1, 0.15) is 0 Å². The zero-order chi connectivity index (χ0) is 12.5. The Kier molecular flexibility index (Phi) is 6.81. The van der Waals surface area contributed by atoms with Crippen LogP contribution in [0.3, 0.4) is 0 Å². The molecule has 5 heteroatoms. The Balaban J connectivity index is 2.11. The molecular weight excluding hydrogens is 234 g/mol. The van der Waals surface area contributed by atoms with Crippen LogP contribution in [0.1, 0.15) is 43.5 Å². The number of nitrogens with zero attached hydrogens (tertiary/aromatic N) is 1. The van der Waals surface area contributed by atoms with Crippen molar-refractivity contribution in [2.45, 2.75) is 38.5 Å². The first-order valence-corrected chi connectivity index (χ1v) is 6.98. The lowest BCUT2D eigenvalue weighted by molar-refractivity contribution is -0.121. The second-order valence-corrected chi connectivity index (χ2v) is 5.10. The molecule has 0 aliphatic carbocycles. The highest BCUT2D eigenvalue weighted by Gasteiger charge is 2.09. The van der Waals surface area contributed by atoms with Gasteiger partial charge in [-0.2, -0.15) is 0 Å². The molecule has 0 radical (unpaired) electrons. The van der Waals surface area contributed by atoms with Crippen LogP contribution in [-0.4, -0.2) is 24.0 Å². The number of aromatic nitrogens is 1. The molecule has 1 rings (SSSR count). The summed E-state index contributed by atoms with van der Waals surface area (Å²) in [5.41, 5.74) is 5.39. The number of amides is 1. The molecule has 1 amide bonds. The highest BCUT2D eigenvalue weighted by atomic mass is 32.1. The molecule has 0 fully saturated rings. The van der Waals surface area contributed by atoms with Gasteiger partial charge in [-0.1, -0.05) is 13.3 Å². The van der Waals surface area contributed by atoms with Gasteiger partial charge in [-0.05, 0) is 19.4 Å². The van der Waals surface area contributed by atoms with Crippen LogP contribution in [-0.2, 0) is 4.79 Å². The largest absolute Gasteiger partial charge is 0.355 e. The fourth-order valence-corrected chi connectivity index (χ4v) is 2.23. The van der Waals surface area contributed by atoms with Crippen molar-refractivity contribution < 1.29 is 4.79 Å². The molecule has 0 spiro atoms. The van der Waals surface area contributed by atoms with Crippen LogP contribution in [0, 0.1) is 0 Å². The van der Waals surface area contributed by atoms with Crippen LogP contribution in [0.15, 0.2) is 11.6 Å². The Morgan fingerprint density at radius 2 is 2.35 bits per heavy atom. The molecule has 1 aromatic rings. The first kappa shape index (κ1) is 14.1. The molecule has 1 heterocycles. The Morgan fingerprint density at radius 3 is 3.00 bits per heavy atom. The zero-order valence-corrected chi connectivity index (χ0v) is 11.1. The molecule has 3 N–H and O–H groups in total. The van der Waals surface area contributed by atoms with E-state index in [1.165, 1.54) is 0 Å². The Morgan fingerprint density at radius 1 is 1.53 bits per heavy atom. The number of rotatable bonds is 8. The fourth-order valence-electron chi connectivity index (χ4n) is 1.53. The van der Waals surface area contributed by atoms with Crippen LogP contribution in [0.2, 0.25) is 0 Å². The van der Waals surface area contributed by atoms with E-state index in [-0.39, 0.29) is 5.91 Å². The van der Waals surface area contributed by atoms with E-state index < -0.39 is 0 Å². The average Bonchev–Trinajstić information content (AvgIpc) is 2.85. The number of unbranched alkanes of at least 4 members (excludes halogenated alkanes) is 2. The average molecular weight is 255 g/mol. The standard InChI is InChI=1S/C12H21N3OS/c1-10(12-14-7-8-17-12)9-15-11(16)5-3-2-4-6-13/h7-8,10H,2-6,9,13H2,1H3,(H,15,16). The van der Waals surface area contributed by atoms with Crippen LogP contribution in [0.4, 0.5) is 0 Å². The molecule has 0 aliphatic rings. The SMILES string of the molecule is CC(CNC(=O)CCCCCN)c1nccs1. The van der Waals surface area contributed by atoms with Gasteiger partial charge >= 0.3 is 0 Å². The number of nitrogens with two attached hydrogens (primary N) is 1. The van der Waals surface area contributed by atoms with E-state index in [1.807, 2.05) is 5.38 Å². The van der Waals surface area contributed by atoms with E-state index in [0.29, 0.717) is 25.4 Å². The summed E-state index contributed by atoms with van der Waals surface area (Å²) in [4.78, 5) is 15.8. The molecule has 1 unspecified atom stereocenters. The van der Waals surface area contributed by atoms with Gasteiger partial charge in [0.25, 0.3) is 0 Å². The number of nitrogens with one attached hydrogen (secondary N) is 1. The smallest absolute Gasteiger partial charge is 0.220 e. The lowest BCUT2D eigenvalue weighted by Gasteiger charge is -2.09. The highest BCUT2D eigenvalue weighted by Crippen LogP contribution is 2.16. The van der Waals surface area contributed by atoms with E-state index in [4.69, 9.17) is 5.73 Å². The van der Waals surface area contributed by atoms with E-state index in [0.717, 1.165) is 24.3 Å². The lowest BCUT2D eigenvalue weighted by atomic mass is 10.1. The summed E-state index contributed by atoms with van der Waals surface area (Å²) < 4.78 is 0. The molecular formula is C12H21N3OS. The van der Waals surface area contributed by atoms with Crippen molar-refractivity contribution in [3.05, 3.63) is 16.6 Å². The van der Waals surface area contributed by atoms with Crippen molar-refractivity contribution in [3.8, 4) is 0 Å². The normalized spacial score (nSPS) is 12.4. The Bertz CT molecular complexity index is 314. The monoisotopic (exact) mass is 255 g/mol. The van der Waals surface area contributed by atoms with E-state index in [1.54, 1.807) is 17.5 Å². The molecule has 1 atom stereocenters. The van der Waals surface area contributed by atoms with Gasteiger partial charge in [0.05, 0.1) is 5.01 Å². The maximum Gasteiger partial charge on any atom is 0.220 e. The minimum absolute atomic E-state index is 0.130. The first-order valence-electron chi connectivity index (χ1n) is 6.10. The van der Waals surface area contributed by atoms with Crippen molar-refractivity contribution in [2.24, 2.45) is 5.73 Å². The maximum absolute atomic E-state index is 11.5. The molecule has 17 heavy (non-hydrogen) atoms. The number of thiazole rings is 1. The summed E-state index contributed by atoms with van der Waals surface area (Å²) in [6, 6.07) is 0. The third-order valence-electron chi connectivity index (χ3n) is 2.59. The number of hydrogen-bond acceptors (Lipinski definition) is 4. The topological polar surface area (TPSA) is 68.0 Å². The Labute approximate surface area is 107 Å². The summed E-state index contributed by atoms with van der Waals surface area (Å²) in [5, 5.41) is 5.98.